The summed E-state index contributed by atoms with van der Waals surface area (Å²) in [7, 11) is 1.61. The predicted molar refractivity (Wildman–Crippen MR) is 90.8 cm³/mol. The number of benzene rings is 1. The summed E-state index contributed by atoms with van der Waals surface area (Å²) in [5, 5.41) is 0. The van der Waals surface area contributed by atoms with Gasteiger partial charge in [0.1, 0.15) is 5.75 Å². The summed E-state index contributed by atoms with van der Waals surface area (Å²) in [5.74, 6) is 1.12. The normalized spacial score (nSPS) is 22.8. The maximum absolute atomic E-state index is 12.6. The molecule has 6 nitrogen and oxygen atoms in total. The van der Waals surface area contributed by atoms with Crippen molar-refractivity contribution in [1.82, 2.24) is 9.80 Å². The van der Waals surface area contributed by atoms with Crippen LogP contribution in [0.25, 0.3) is 0 Å². The van der Waals surface area contributed by atoms with Gasteiger partial charge >= 0.3 is 0 Å². The zero-order valence-corrected chi connectivity index (χ0v) is 14.1. The molecule has 0 bridgehead atoms. The maximum atomic E-state index is 12.6. The molecular weight excluding hydrogens is 306 g/mol. The Bertz CT molecular complexity index is 594. The van der Waals surface area contributed by atoms with E-state index < -0.39 is 0 Å². The SMILES string of the molecule is COc1ccc(C(=O)C2CCN(C3CCN(CN)C3=O)CC2)cc1. The molecule has 2 saturated heterocycles. The average Bonchev–Trinajstić information content (AvgIpc) is 3.02. The number of nitrogens with zero attached hydrogens (tertiary/aromatic N) is 2. The quantitative estimate of drug-likeness (QED) is 0.818. The van der Waals surface area contributed by atoms with Crippen molar-refractivity contribution in [3.05, 3.63) is 29.8 Å². The third-order valence-electron chi connectivity index (χ3n) is 5.21. The molecule has 1 atom stereocenters. The molecule has 1 aromatic rings. The van der Waals surface area contributed by atoms with Crippen LogP contribution in [0.5, 0.6) is 5.75 Å². The lowest BCUT2D eigenvalue weighted by molar-refractivity contribution is -0.132. The molecule has 6 heteroatoms. The number of hydrogen-bond donors (Lipinski definition) is 1. The first-order valence-electron chi connectivity index (χ1n) is 8.55. The number of piperidine rings is 1. The molecule has 1 aromatic carbocycles. The molecule has 1 unspecified atom stereocenters. The molecule has 130 valence electrons. The van der Waals surface area contributed by atoms with Crippen LogP contribution in [0.15, 0.2) is 24.3 Å². The number of nitrogens with two attached hydrogens (primary N) is 1. The minimum absolute atomic E-state index is 0.0387. The highest BCUT2D eigenvalue weighted by atomic mass is 16.5. The lowest BCUT2D eigenvalue weighted by Crippen LogP contribution is -2.47. The minimum Gasteiger partial charge on any atom is -0.497 e. The standard InChI is InChI=1S/C18H25N3O3/c1-24-15-4-2-13(3-5-15)17(22)14-6-9-20(10-7-14)16-8-11-21(12-19)18(16)23/h2-5,14,16H,6-12,19H2,1H3. The van der Waals surface area contributed by atoms with Gasteiger partial charge in [-0.05, 0) is 56.6 Å². The van der Waals surface area contributed by atoms with Gasteiger partial charge in [0.15, 0.2) is 5.78 Å². The van der Waals surface area contributed by atoms with E-state index in [1.165, 1.54) is 0 Å². The maximum Gasteiger partial charge on any atom is 0.241 e. The Morgan fingerprint density at radius 1 is 1.17 bits per heavy atom. The van der Waals surface area contributed by atoms with E-state index in [0.717, 1.165) is 50.2 Å². The number of rotatable bonds is 5. The second-order valence-corrected chi connectivity index (χ2v) is 6.49. The van der Waals surface area contributed by atoms with E-state index in [0.29, 0.717) is 6.67 Å². The van der Waals surface area contributed by atoms with Crippen LogP contribution in [0, 0.1) is 5.92 Å². The summed E-state index contributed by atoms with van der Waals surface area (Å²) in [6.45, 7) is 2.62. The Morgan fingerprint density at radius 3 is 2.38 bits per heavy atom. The van der Waals surface area contributed by atoms with Gasteiger partial charge in [-0.2, -0.15) is 0 Å². The average molecular weight is 331 g/mol. The highest BCUT2D eigenvalue weighted by Gasteiger charge is 2.37. The smallest absolute Gasteiger partial charge is 0.241 e. The van der Waals surface area contributed by atoms with Crippen molar-refractivity contribution >= 4 is 11.7 Å². The Balaban J connectivity index is 1.56. The summed E-state index contributed by atoms with van der Waals surface area (Å²) in [5.41, 5.74) is 6.33. The molecule has 0 spiro atoms. The molecule has 0 aromatic heterocycles. The molecule has 2 fully saturated rings. The summed E-state index contributed by atoms with van der Waals surface area (Å²) < 4.78 is 5.13. The molecule has 1 amide bonds. The largest absolute Gasteiger partial charge is 0.497 e. The number of hydrogen-bond acceptors (Lipinski definition) is 5. The molecule has 2 aliphatic heterocycles. The van der Waals surface area contributed by atoms with E-state index in [2.05, 4.69) is 4.90 Å². The van der Waals surface area contributed by atoms with E-state index in [1.807, 2.05) is 24.3 Å². The highest BCUT2D eigenvalue weighted by molar-refractivity contribution is 5.98. The number of methoxy groups -OCH3 is 1. The fourth-order valence-corrected chi connectivity index (χ4v) is 3.71. The Kier molecular flexibility index (Phi) is 5.16. The molecule has 0 aliphatic carbocycles. The van der Waals surface area contributed by atoms with Crippen LogP contribution in [-0.4, -0.2) is 60.9 Å². The fraction of sp³-hybridized carbons (Fsp3) is 0.556. The first-order valence-corrected chi connectivity index (χ1v) is 8.55. The number of Topliss-reactive ketones (excluding diaryl/α,β-unsaturated/α-hetero) is 1. The van der Waals surface area contributed by atoms with Gasteiger partial charge in [-0.15, -0.1) is 0 Å². The lowest BCUT2D eigenvalue weighted by Gasteiger charge is -2.34. The van der Waals surface area contributed by atoms with Gasteiger partial charge in [-0.3, -0.25) is 14.5 Å². The Morgan fingerprint density at radius 2 is 1.83 bits per heavy atom. The second-order valence-electron chi connectivity index (χ2n) is 6.49. The lowest BCUT2D eigenvalue weighted by atomic mass is 9.88. The molecule has 2 N–H and O–H groups in total. The topological polar surface area (TPSA) is 75.9 Å². The first kappa shape index (κ1) is 16.9. The number of carbonyl (C=O) groups excluding carboxylic acids is 2. The van der Waals surface area contributed by atoms with Crippen LogP contribution in [0.1, 0.15) is 29.6 Å². The van der Waals surface area contributed by atoms with E-state index in [9.17, 15) is 9.59 Å². The fourth-order valence-electron chi connectivity index (χ4n) is 3.71. The van der Waals surface area contributed by atoms with Gasteiger partial charge in [0, 0.05) is 18.0 Å². The van der Waals surface area contributed by atoms with Gasteiger partial charge in [-0.25, -0.2) is 0 Å². The molecule has 2 heterocycles. The second kappa shape index (κ2) is 7.32. The number of carbonyl (C=O) groups is 2. The third-order valence-corrected chi connectivity index (χ3v) is 5.21. The highest BCUT2D eigenvalue weighted by Crippen LogP contribution is 2.26. The van der Waals surface area contributed by atoms with Crippen LogP contribution < -0.4 is 10.5 Å². The molecular formula is C18H25N3O3. The Labute approximate surface area is 142 Å². The summed E-state index contributed by atoms with van der Waals surface area (Å²) >= 11 is 0. The monoisotopic (exact) mass is 331 g/mol. The van der Waals surface area contributed by atoms with Crippen LogP contribution in [0.2, 0.25) is 0 Å². The number of likely N-dealkylation sites (tertiary alicyclic amines) is 2. The third kappa shape index (κ3) is 3.30. The van der Waals surface area contributed by atoms with Gasteiger partial charge in [0.05, 0.1) is 19.8 Å². The van der Waals surface area contributed by atoms with Crippen molar-refractivity contribution in [3.8, 4) is 5.75 Å². The number of amides is 1. The van der Waals surface area contributed by atoms with E-state index in [4.69, 9.17) is 10.5 Å². The zero-order valence-electron chi connectivity index (χ0n) is 14.1. The molecule has 2 aliphatic rings. The summed E-state index contributed by atoms with van der Waals surface area (Å²) in [4.78, 5) is 28.8. The minimum atomic E-state index is -0.0504. The number of ketones is 1. The molecule has 24 heavy (non-hydrogen) atoms. The van der Waals surface area contributed by atoms with Crippen molar-refractivity contribution < 1.29 is 14.3 Å². The van der Waals surface area contributed by atoms with E-state index in [1.54, 1.807) is 12.0 Å². The molecule has 0 saturated carbocycles. The van der Waals surface area contributed by atoms with E-state index in [-0.39, 0.29) is 23.7 Å². The van der Waals surface area contributed by atoms with Crippen LogP contribution >= 0.6 is 0 Å². The van der Waals surface area contributed by atoms with Gasteiger partial charge in [0.2, 0.25) is 5.91 Å². The van der Waals surface area contributed by atoms with Crippen LogP contribution in [-0.2, 0) is 4.79 Å². The van der Waals surface area contributed by atoms with Gasteiger partial charge < -0.3 is 15.4 Å². The van der Waals surface area contributed by atoms with Gasteiger partial charge in [0.25, 0.3) is 0 Å². The zero-order chi connectivity index (χ0) is 17.1. The van der Waals surface area contributed by atoms with Crippen LogP contribution in [0.4, 0.5) is 0 Å². The first-order chi connectivity index (χ1) is 11.6. The van der Waals surface area contributed by atoms with Crippen molar-refractivity contribution in [2.24, 2.45) is 11.7 Å². The van der Waals surface area contributed by atoms with Gasteiger partial charge in [-0.1, -0.05) is 0 Å². The van der Waals surface area contributed by atoms with Crippen molar-refractivity contribution in [1.29, 1.82) is 0 Å². The van der Waals surface area contributed by atoms with Crippen LogP contribution in [0.3, 0.4) is 0 Å². The van der Waals surface area contributed by atoms with Crippen molar-refractivity contribution in [3.63, 3.8) is 0 Å². The summed E-state index contributed by atoms with van der Waals surface area (Å²) in [6.07, 6.45) is 2.45. The van der Waals surface area contributed by atoms with E-state index >= 15 is 0 Å². The summed E-state index contributed by atoms with van der Waals surface area (Å²) in [6, 6.07) is 7.24. The Hall–Kier alpha value is -1.92. The molecule has 0 radical (unpaired) electrons. The van der Waals surface area contributed by atoms with Crippen molar-refractivity contribution in [2.45, 2.75) is 25.3 Å². The molecule has 3 rings (SSSR count). The predicted octanol–water partition coefficient (Wildman–Crippen LogP) is 1.11. The number of ether oxygens (including phenoxy) is 1. The van der Waals surface area contributed by atoms with Crippen molar-refractivity contribution in [2.75, 3.05) is 33.4 Å².